The fourth-order valence-corrected chi connectivity index (χ4v) is 7.95. The molecular formula is C23H33N3O4S. The van der Waals surface area contributed by atoms with Crippen molar-refractivity contribution in [3.8, 4) is 0 Å². The van der Waals surface area contributed by atoms with Gasteiger partial charge in [-0.2, -0.15) is 0 Å². The average molecular weight is 448 g/mol. The molecule has 4 heterocycles. The van der Waals surface area contributed by atoms with E-state index in [1.165, 1.54) is 0 Å². The fraction of sp³-hybridized carbons (Fsp3) is 0.696. The Balaban J connectivity index is 1.79. The first-order chi connectivity index (χ1) is 14.8. The van der Waals surface area contributed by atoms with Crippen molar-refractivity contribution in [1.82, 2.24) is 14.7 Å². The van der Waals surface area contributed by atoms with Crippen molar-refractivity contribution in [2.75, 3.05) is 39.8 Å². The molecule has 5 atom stereocenters. The number of hydrogen-bond donors (Lipinski definition) is 1. The second-order valence-corrected chi connectivity index (χ2v) is 11.1. The second-order valence-electron chi connectivity index (χ2n) is 9.27. The van der Waals surface area contributed by atoms with Gasteiger partial charge in [0.2, 0.25) is 17.7 Å². The van der Waals surface area contributed by atoms with Gasteiger partial charge in [0.15, 0.2) is 0 Å². The minimum absolute atomic E-state index is 0.0512. The average Bonchev–Trinajstić information content (AvgIpc) is 3.00. The molecule has 0 radical (unpaired) electrons. The predicted octanol–water partition coefficient (Wildman–Crippen LogP) is 1.28. The molecule has 7 nitrogen and oxygen atoms in total. The van der Waals surface area contributed by atoms with E-state index in [9.17, 15) is 19.5 Å². The van der Waals surface area contributed by atoms with Crippen LogP contribution in [-0.2, 0) is 14.4 Å². The molecule has 1 spiro atoms. The normalized spacial score (nSPS) is 37.1. The molecule has 8 heteroatoms. The Morgan fingerprint density at radius 1 is 1.03 bits per heavy atom. The third kappa shape index (κ3) is 3.33. The number of aliphatic hydroxyl groups is 1. The van der Waals surface area contributed by atoms with Gasteiger partial charge in [-0.25, -0.2) is 0 Å². The third-order valence-electron chi connectivity index (χ3n) is 7.21. The van der Waals surface area contributed by atoms with Crippen molar-refractivity contribution in [3.05, 3.63) is 24.3 Å². The van der Waals surface area contributed by atoms with Crippen LogP contribution in [0.3, 0.4) is 0 Å². The van der Waals surface area contributed by atoms with Crippen LogP contribution in [0.1, 0.15) is 33.1 Å². The number of carbonyl (C=O) groups is 3. The Bertz CT molecular complexity index is 830. The summed E-state index contributed by atoms with van der Waals surface area (Å²) in [6.45, 7) is 5.73. The van der Waals surface area contributed by atoms with Crippen molar-refractivity contribution in [1.29, 1.82) is 0 Å². The highest BCUT2D eigenvalue weighted by molar-refractivity contribution is 8.02. The van der Waals surface area contributed by atoms with Crippen molar-refractivity contribution >= 4 is 29.5 Å². The standard InChI is InChI=1S/C23H33N3O4S/c1-4-5-6-12-25-13-8-10-23-17(20(29)26(14-15-27)18(23)21(25)30)16-19(28)24(3)11-7-9-22(16,2)31-23/h7-10,16-18,27H,4-6,11-15H2,1-3H3/t16-,17-,18?,22+,23-/m0/s1. The third-order valence-corrected chi connectivity index (χ3v) is 9.01. The molecule has 4 aliphatic heterocycles. The minimum atomic E-state index is -0.805. The SMILES string of the molecule is CCCCCN1CC=C[C@]23S[C@]4(C)C=CCN(C)C(=O)[C@@H]4[C@H]2C(=O)N(CCO)C3C1=O. The van der Waals surface area contributed by atoms with E-state index < -0.39 is 27.4 Å². The number of amides is 3. The van der Waals surface area contributed by atoms with Gasteiger partial charge in [-0.3, -0.25) is 14.4 Å². The van der Waals surface area contributed by atoms with Crippen molar-refractivity contribution in [2.45, 2.75) is 48.6 Å². The van der Waals surface area contributed by atoms with E-state index in [1.54, 1.807) is 28.6 Å². The number of hydrogen-bond acceptors (Lipinski definition) is 5. The highest BCUT2D eigenvalue weighted by Crippen LogP contribution is 2.65. The second kappa shape index (κ2) is 8.28. The number of likely N-dealkylation sites (tertiary alicyclic amines) is 1. The summed E-state index contributed by atoms with van der Waals surface area (Å²) in [6.07, 6.45) is 11.1. The summed E-state index contributed by atoms with van der Waals surface area (Å²) in [5, 5.41) is 9.68. The molecule has 31 heavy (non-hydrogen) atoms. The van der Waals surface area contributed by atoms with E-state index in [0.29, 0.717) is 19.6 Å². The number of likely N-dealkylation sites (N-methyl/N-ethyl adjacent to an activating group) is 1. The molecule has 0 saturated carbocycles. The molecule has 0 aliphatic carbocycles. The molecule has 0 aromatic heterocycles. The number of nitrogens with zero attached hydrogens (tertiary/aromatic N) is 3. The number of thioether (sulfide) groups is 1. The van der Waals surface area contributed by atoms with Gasteiger partial charge < -0.3 is 19.8 Å². The molecule has 4 rings (SSSR count). The van der Waals surface area contributed by atoms with Crippen LogP contribution in [-0.4, -0.2) is 92.9 Å². The lowest BCUT2D eigenvalue weighted by molar-refractivity contribution is -0.144. The van der Waals surface area contributed by atoms with Gasteiger partial charge in [-0.15, -0.1) is 11.8 Å². The summed E-state index contributed by atoms with van der Waals surface area (Å²) in [5.74, 6) is -1.46. The van der Waals surface area contributed by atoms with Crippen LogP contribution in [0.2, 0.25) is 0 Å². The van der Waals surface area contributed by atoms with Gasteiger partial charge in [-0.05, 0) is 13.3 Å². The lowest BCUT2D eigenvalue weighted by Gasteiger charge is -2.36. The number of rotatable bonds is 6. The number of β-amino-alcohol motifs (C(OH)–C–C–N with tert-alkyl or cyclic N) is 1. The van der Waals surface area contributed by atoms with Crippen LogP contribution in [0.4, 0.5) is 0 Å². The van der Waals surface area contributed by atoms with Gasteiger partial charge >= 0.3 is 0 Å². The van der Waals surface area contributed by atoms with E-state index >= 15 is 0 Å². The summed E-state index contributed by atoms with van der Waals surface area (Å²) >= 11 is 1.59. The van der Waals surface area contributed by atoms with Crippen molar-refractivity contribution in [2.24, 2.45) is 11.8 Å². The van der Waals surface area contributed by atoms with Crippen LogP contribution in [0, 0.1) is 11.8 Å². The highest BCUT2D eigenvalue weighted by atomic mass is 32.2. The predicted molar refractivity (Wildman–Crippen MR) is 120 cm³/mol. The molecule has 2 saturated heterocycles. The van der Waals surface area contributed by atoms with Gasteiger partial charge in [0, 0.05) is 38.0 Å². The number of carbonyl (C=O) groups excluding carboxylic acids is 3. The number of aliphatic hydroxyl groups excluding tert-OH is 1. The quantitative estimate of drug-likeness (QED) is 0.490. The summed E-state index contributed by atoms with van der Waals surface area (Å²) in [4.78, 5) is 46.0. The van der Waals surface area contributed by atoms with Crippen molar-refractivity contribution in [3.63, 3.8) is 0 Å². The summed E-state index contributed by atoms with van der Waals surface area (Å²) in [6, 6.07) is -0.696. The van der Waals surface area contributed by atoms with E-state index in [-0.39, 0.29) is 30.9 Å². The highest BCUT2D eigenvalue weighted by Gasteiger charge is 2.73. The zero-order valence-corrected chi connectivity index (χ0v) is 19.4. The van der Waals surface area contributed by atoms with Crippen LogP contribution in [0.5, 0.6) is 0 Å². The molecule has 170 valence electrons. The Morgan fingerprint density at radius 3 is 2.48 bits per heavy atom. The topological polar surface area (TPSA) is 81.2 Å². The van der Waals surface area contributed by atoms with Gasteiger partial charge in [0.05, 0.1) is 23.2 Å². The molecule has 4 aliphatic rings. The molecule has 0 aromatic rings. The maximum absolute atomic E-state index is 13.8. The minimum Gasteiger partial charge on any atom is -0.395 e. The maximum atomic E-state index is 13.8. The first-order valence-electron chi connectivity index (χ1n) is 11.3. The van der Waals surface area contributed by atoms with Gasteiger partial charge in [0.25, 0.3) is 0 Å². The maximum Gasteiger partial charge on any atom is 0.247 e. The Labute approximate surface area is 188 Å². The zero-order valence-electron chi connectivity index (χ0n) is 18.6. The van der Waals surface area contributed by atoms with Crippen LogP contribution < -0.4 is 0 Å². The van der Waals surface area contributed by atoms with Crippen LogP contribution in [0.25, 0.3) is 0 Å². The van der Waals surface area contributed by atoms with Gasteiger partial charge in [0.1, 0.15) is 6.04 Å². The summed E-state index contributed by atoms with van der Waals surface area (Å²) < 4.78 is -1.37. The number of unbranched alkanes of at least 4 members (excludes halogenated alkanes) is 2. The lowest BCUT2D eigenvalue weighted by Crippen LogP contribution is -2.54. The monoisotopic (exact) mass is 447 g/mol. The smallest absolute Gasteiger partial charge is 0.247 e. The first-order valence-corrected chi connectivity index (χ1v) is 12.1. The number of fused-ring (bicyclic) bond motifs is 2. The lowest BCUT2D eigenvalue weighted by atomic mass is 9.74. The summed E-state index contributed by atoms with van der Waals surface area (Å²) in [5.41, 5.74) is 0. The fourth-order valence-electron chi connectivity index (χ4n) is 5.79. The molecule has 1 unspecified atom stereocenters. The van der Waals surface area contributed by atoms with Gasteiger partial charge in [-0.1, -0.05) is 44.1 Å². The van der Waals surface area contributed by atoms with E-state index in [0.717, 1.165) is 19.3 Å². The molecule has 3 amide bonds. The van der Waals surface area contributed by atoms with E-state index in [1.807, 2.05) is 30.1 Å². The molecule has 1 N–H and O–H groups in total. The largest absolute Gasteiger partial charge is 0.395 e. The first kappa shape index (κ1) is 22.4. The Hall–Kier alpha value is -1.80. The van der Waals surface area contributed by atoms with Crippen molar-refractivity contribution < 1.29 is 19.5 Å². The Morgan fingerprint density at radius 2 is 1.77 bits per heavy atom. The molecule has 0 bridgehead atoms. The zero-order chi connectivity index (χ0) is 22.4. The van der Waals surface area contributed by atoms with Crippen LogP contribution in [0.15, 0.2) is 24.3 Å². The van der Waals surface area contributed by atoms with Crippen LogP contribution >= 0.6 is 11.8 Å². The molecule has 0 aromatic carbocycles. The Kier molecular flexibility index (Phi) is 5.98. The molecular weight excluding hydrogens is 414 g/mol. The molecule has 2 fully saturated rings. The summed E-state index contributed by atoms with van der Waals surface area (Å²) in [7, 11) is 1.76. The van der Waals surface area contributed by atoms with E-state index in [4.69, 9.17) is 0 Å². The van der Waals surface area contributed by atoms with E-state index in [2.05, 4.69) is 13.0 Å².